The summed E-state index contributed by atoms with van der Waals surface area (Å²) in [6, 6.07) is 12.4. The zero-order valence-corrected chi connectivity index (χ0v) is 14.8. The van der Waals surface area contributed by atoms with Gasteiger partial charge in [0.15, 0.2) is 11.5 Å². The Hall–Kier alpha value is -2.44. The summed E-state index contributed by atoms with van der Waals surface area (Å²) in [4.78, 5) is 26.2. The fourth-order valence-electron chi connectivity index (χ4n) is 2.39. The van der Waals surface area contributed by atoms with Crippen LogP contribution in [0.2, 0.25) is 5.02 Å². The predicted octanol–water partition coefficient (Wildman–Crippen LogP) is 4.29. The summed E-state index contributed by atoms with van der Waals surface area (Å²) >= 11 is 6.83. The minimum Gasteiger partial charge on any atom is -0.503 e. The summed E-state index contributed by atoms with van der Waals surface area (Å²) in [7, 11) is 1.41. The van der Waals surface area contributed by atoms with E-state index < -0.39 is 0 Å². The third-order valence-electron chi connectivity index (χ3n) is 3.63. The Morgan fingerprint density at radius 2 is 1.96 bits per heavy atom. The molecule has 0 saturated carbocycles. The summed E-state index contributed by atoms with van der Waals surface area (Å²) in [6.45, 7) is 0.225. The Morgan fingerprint density at radius 3 is 2.64 bits per heavy atom. The largest absolute Gasteiger partial charge is 0.503 e. The highest BCUT2D eigenvalue weighted by Gasteiger charge is 2.35. The third kappa shape index (κ3) is 3.65. The fraction of sp³-hybridized carbons (Fsp3) is 0.111. The molecule has 3 rings (SSSR count). The number of phenols is 1. The molecule has 1 heterocycles. The van der Waals surface area contributed by atoms with Gasteiger partial charge >= 0.3 is 0 Å². The molecule has 0 radical (unpaired) electrons. The lowest BCUT2D eigenvalue weighted by atomic mass is 10.1. The van der Waals surface area contributed by atoms with Gasteiger partial charge in [-0.2, -0.15) is 0 Å². The zero-order valence-electron chi connectivity index (χ0n) is 13.2. The highest BCUT2D eigenvalue weighted by atomic mass is 35.5. The number of hydrogen-bond acceptors (Lipinski definition) is 5. The van der Waals surface area contributed by atoms with Crippen molar-refractivity contribution >= 4 is 40.6 Å². The molecule has 25 heavy (non-hydrogen) atoms. The Morgan fingerprint density at radius 1 is 1.24 bits per heavy atom. The van der Waals surface area contributed by atoms with Crippen LogP contribution in [0.3, 0.4) is 0 Å². The number of thioether (sulfide) groups is 1. The van der Waals surface area contributed by atoms with E-state index in [2.05, 4.69) is 0 Å². The van der Waals surface area contributed by atoms with Crippen molar-refractivity contribution in [3.05, 3.63) is 63.5 Å². The van der Waals surface area contributed by atoms with Crippen LogP contribution in [-0.4, -0.2) is 28.3 Å². The zero-order chi connectivity index (χ0) is 18.0. The second-order valence-electron chi connectivity index (χ2n) is 5.31. The highest BCUT2D eigenvalue weighted by molar-refractivity contribution is 8.18. The average Bonchev–Trinajstić information content (AvgIpc) is 2.86. The van der Waals surface area contributed by atoms with E-state index in [1.165, 1.54) is 18.1 Å². The van der Waals surface area contributed by atoms with E-state index in [1.807, 2.05) is 30.3 Å². The minimum atomic E-state index is -0.359. The maximum atomic E-state index is 12.5. The molecular weight excluding hydrogens is 362 g/mol. The number of halogens is 1. The number of ether oxygens (including phenoxy) is 1. The van der Waals surface area contributed by atoms with Gasteiger partial charge in [0.05, 0.1) is 23.6 Å². The van der Waals surface area contributed by atoms with Gasteiger partial charge < -0.3 is 9.84 Å². The van der Waals surface area contributed by atoms with Crippen molar-refractivity contribution in [1.82, 2.24) is 4.90 Å². The van der Waals surface area contributed by atoms with Crippen LogP contribution in [-0.2, 0) is 11.3 Å². The normalized spacial score (nSPS) is 15.9. The minimum absolute atomic E-state index is 0.106. The first-order valence-corrected chi connectivity index (χ1v) is 8.55. The molecule has 1 N–H and O–H groups in total. The van der Waals surface area contributed by atoms with Gasteiger partial charge in [0.2, 0.25) is 0 Å². The van der Waals surface area contributed by atoms with Crippen molar-refractivity contribution in [1.29, 1.82) is 0 Å². The molecule has 1 aliphatic heterocycles. The fourth-order valence-corrected chi connectivity index (χ4v) is 3.44. The molecule has 2 aromatic rings. The summed E-state index contributed by atoms with van der Waals surface area (Å²) in [5, 5.41) is 9.55. The Balaban J connectivity index is 1.87. The first-order chi connectivity index (χ1) is 12.0. The Labute approximate surface area is 153 Å². The van der Waals surface area contributed by atoms with Crippen LogP contribution in [0.4, 0.5) is 4.79 Å². The lowest BCUT2D eigenvalue weighted by Crippen LogP contribution is -2.27. The molecule has 5 nitrogen and oxygen atoms in total. The number of carbonyl (C=O) groups excluding carboxylic acids is 2. The number of aromatic hydroxyl groups is 1. The molecule has 0 spiro atoms. The summed E-state index contributed by atoms with van der Waals surface area (Å²) < 4.78 is 5.05. The number of benzene rings is 2. The number of phenolic OH excluding ortho intramolecular Hbond substituents is 1. The quantitative estimate of drug-likeness (QED) is 0.807. The molecule has 2 aromatic carbocycles. The number of carbonyl (C=O) groups is 2. The first-order valence-electron chi connectivity index (χ1n) is 7.35. The van der Waals surface area contributed by atoms with E-state index in [9.17, 15) is 14.7 Å². The van der Waals surface area contributed by atoms with Crippen molar-refractivity contribution < 1.29 is 19.4 Å². The molecule has 128 valence electrons. The SMILES string of the molecule is COc1cc(C=C2SC(=O)N(Cc3ccccc3)C2=O)cc(Cl)c1O. The van der Waals surface area contributed by atoms with E-state index >= 15 is 0 Å². The van der Waals surface area contributed by atoms with Crippen LogP contribution >= 0.6 is 23.4 Å². The van der Waals surface area contributed by atoms with E-state index in [0.717, 1.165) is 17.3 Å². The number of imide groups is 1. The third-order valence-corrected chi connectivity index (χ3v) is 4.82. The summed E-state index contributed by atoms with van der Waals surface area (Å²) in [5.74, 6) is -0.331. The number of hydrogen-bond donors (Lipinski definition) is 1. The monoisotopic (exact) mass is 375 g/mol. The van der Waals surface area contributed by atoms with Crippen LogP contribution in [0.15, 0.2) is 47.4 Å². The summed E-state index contributed by atoms with van der Waals surface area (Å²) in [6.07, 6.45) is 1.56. The van der Waals surface area contributed by atoms with Gasteiger partial charge in [0.25, 0.3) is 11.1 Å². The van der Waals surface area contributed by atoms with Crippen molar-refractivity contribution in [2.45, 2.75) is 6.54 Å². The Kier molecular flexibility index (Phi) is 5.01. The molecule has 0 unspecified atom stereocenters. The van der Waals surface area contributed by atoms with Crippen molar-refractivity contribution in [2.24, 2.45) is 0 Å². The molecule has 1 saturated heterocycles. The van der Waals surface area contributed by atoms with Crippen LogP contribution in [0.25, 0.3) is 6.08 Å². The molecule has 7 heteroatoms. The Bertz CT molecular complexity index is 867. The molecule has 1 fully saturated rings. The van der Waals surface area contributed by atoms with E-state index in [1.54, 1.807) is 12.1 Å². The molecule has 1 aliphatic rings. The van der Waals surface area contributed by atoms with E-state index in [0.29, 0.717) is 10.5 Å². The van der Waals surface area contributed by atoms with Crippen molar-refractivity contribution in [3.8, 4) is 11.5 Å². The lowest BCUT2D eigenvalue weighted by molar-refractivity contribution is -0.123. The van der Waals surface area contributed by atoms with Gasteiger partial charge in [-0.1, -0.05) is 41.9 Å². The number of nitrogens with zero attached hydrogens (tertiary/aromatic N) is 1. The number of methoxy groups -OCH3 is 1. The van der Waals surface area contributed by atoms with Crippen LogP contribution in [0, 0.1) is 0 Å². The standard InChI is InChI=1S/C18H14ClNO4S/c1-24-14-8-12(7-13(19)16(14)21)9-15-17(22)20(18(23)25-15)10-11-5-3-2-4-6-11/h2-9,21H,10H2,1H3. The predicted molar refractivity (Wildman–Crippen MR) is 97.6 cm³/mol. The highest BCUT2D eigenvalue weighted by Crippen LogP contribution is 2.38. The molecule has 0 aliphatic carbocycles. The van der Waals surface area contributed by atoms with E-state index in [-0.39, 0.29) is 34.2 Å². The van der Waals surface area contributed by atoms with Crippen LogP contribution < -0.4 is 4.74 Å². The van der Waals surface area contributed by atoms with Gasteiger partial charge in [0, 0.05) is 0 Å². The van der Waals surface area contributed by atoms with Crippen molar-refractivity contribution in [3.63, 3.8) is 0 Å². The second kappa shape index (κ2) is 7.21. The number of rotatable bonds is 4. The van der Waals surface area contributed by atoms with Gasteiger partial charge in [-0.05, 0) is 41.1 Å². The maximum absolute atomic E-state index is 12.5. The average molecular weight is 376 g/mol. The molecule has 0 bridgehead atoms. The van der Waals surface area contributed by atoms with Crippen LogP contribution in [0.1, 0.15) is 11.1 Å². The van der Waals surface area contributed by atoms with E-state index in [4.69, 9.17) is 16.3 Å². The first kappa shape index (κ1) is 17.4. The molecular formula is C18H14ClNO4S. The molecule has 2 amide bonds. The topological polar surface area (TPSA) is 66.8 Å². The van der Waals surface area contributed by atoms with Gasteiger partial charge in [-0.25, -0.2) is 0 Å². The number of amides is 2. The molecule has 0 aromatic heterocycles. The smallest absolute Gasteiger partial charge is 0.293 e. The molecule has 0 atom stereocenters. The lowest BCUT2D eigenvalue weighted by Gasteiger charge is -2.12. The van der Waals surface area contributed by atoms with Gasteiger partial charge in [-0.3, -0.25) is 14.5 Å². The van der Waals surface area contributed by atoms with Gasteiger partial charge in [0.1, 0.15) is 0 Å². The van der Waals surface area contributed by atoms with Crippen LogP contribution in [0.5, 0.6) is 11.5 Å². The maximum Gasteiger partial charge on any atom is 0.293 e. The van der Waals surface area contributed by atoms with Crippen molar-refractivity contribution in [2.75, 3.05) is 7.11 Å². The second-order valence-corrected chi connectivity index (χ2v) is 6.71. The summed E-state index contributed by atoms with van der Waals surface area (Å²) in [5.41, 5.74) is 1.44. The van der Waals surface area contributed by atoms with Gasteiger partial charge in [-0.15, -0.1) is 0 Å².